The maximum Gasteiger partial charge on any atom is 0.357 e. The lowest BCUT2D eigenvalue weighted by Gasteiger charge is -2.28. The van der Waals surface area contributed by atoms with Crippen LogP contribution in [-0.4, -0.2) is 39.1 Å². The molecule has 3 aromatic rings. The Labute approximate surface area is 171 Å². The molecule has 1 unspecified atom stereocenters. The summed E-state index contributed by atoms with van der Waals surface area (Å²) in [6.07, 6.45) is 0. The fourth-order valence-electron chi connectivity index (χ4n) is 3.18. The molecule has 0 bridgehead atoms. The third-order valence-electron chi connectivity index (χ3n) is 4.64. The smallest absolute Gasteiger partial charge is 0.357 e. The van der Waals surface area contributed by atoms with E-state index in [1.165, 1.54) is 11.8 Å². The van der Waals surface area contributed by atoms with E-state index in [-0.39, 0.29) is 23.0 Å². The number of carbonyl (C=O) groups is 2. The van der Waals surface area contributed by atoms with Crippen LogP contribution in [0.3, 0.4) is 0 Å². The van der Waals surface area contributed by atoms with Gasteiger partial charge in [-0.15, -0.1) is 0 Å². The summed E-state index contributed by atoms with van der Waals surface area (Å²) in [6, 6.07) is 13.4. The van der Waals surface area contributed by atoms with Gasteiger partial charge in [-0.3, -0.25) is 4.79 Å². The Balaban J connectivity index is 1.95. The SMILES string of the molecule is COC(=O)C1=C(C(=O)c2ccc(C)cc2)C(c2ccc(Cl)cc2)Nc2nnnn21. The van der Waals surface area contributed by atoms with Crippen LogP contribution >= 0.6 is 11.6 Å². The minimum Gasteiger partial charge on any atom is -0.464 e. The number of ketones is 1. The normalized spacial score (nSPS) is 15.5. The molecule has 0 saturated heterocycles. The van der Waals surface area contributed by atoms with Crippen molar-refractivity contribution in [2.24, 2.45) is 0 Å². The molecule has 9 heteroatoms. The lowest BCUT2D eigenvalue weighted by molar-refractivity contribution is -0.134. The zero-order valence-corrected chi connectivity index (χ0v) is 16.3. The molecule has 1 aromatic heterocycles. The lowest BCUT2D eigenvalue weighted by atomic mass is 9.89. The molecule has 2 heterocycles. The summed E-state index contributed by atoms with van der Waals surface area (Å²) >= 11 is 6.02. The molecule has 4 rings (SSSR count). The van der Waals surface area contributed by atoms with Crippen molar-refractivity contribution >= 4 is 35.0 Å². The number of Topliss-reactive ketones (excluding diaryl/α,β-unsaturated/α-hetero) is 1. The maximum atomic E-state index is 13.5. The van der Waals surface area contributed by atoms with Gasteiger partial charge in [-0.25, -0.2) is 4.79 Å². The number of aromatic nitrogens is 4. The molecule has 0 amide bonds. The van der Waals surface area contributed by atoms with Crippen LogP contribution in [0.1, 0.15) is 27.5 Å². The van der Waals surface area contributed by atoms with E-state index in [4.69, 9.17) is 16.3 Å². The second kappa shape index (κ2) is 7.48. The fraction of sp³-hybridized carbons (Fsp3) is 0.150. The number of rotatable bonds is 4. The largest absolute Gasteiger partial charge is 0.464 e. The van der Waals surface area contributed by atoms with E-state index in [2.05, 4.69) is 20.8 Å². The number of fused-ring (bicyclic) bond motifs is 1. The van der Waals surface area contributed by atoms with Crippen molar-refractivity contribution in [3.8, 4) is 0 Å². The minimum atomic E-state index is -0.713. The van der Waals surface area contributed by atoms with Crippen molar-refractivity contribution < 1.29 is 14.3 Å². The number of nitrogens with zero attached hydrogens (tertiary/aromatic N) is 4. The maximum absolute atomic E-state index is 13.5. The van der Waals surface area contributed by atoms with Gasteiger partial charge >= 0.3 is 5.97 Å². The van der Waals surface area contributed by atoms with Crippen molar-refractivity contribution in [3.05, 3.63) is 75.8 Å². The first-order valence-electron chi connectivity index (χ1n) is 8.74. The van der Waals surface area contributed by atoms with Crippen molar-refractivity contribution in [1.82, 2.24) is 20.2 Å². The van der Waals surface area contributed by atoms with E-state index < -0.39 is 12.0 Å². The number of carbonyl (C=O) groups excluding carboxylic acids is 2. The molecule has 0 spiro atoms. The molecule has 0 fully saturated rings. The first-order valence-corrected chi connectivity index (χ1v) is 9.12. The standard InChI is InChI=1S/C20H16ClN5O3/c1-11-3-5-13(6-4-11)18(27)15-16(12-7-9-14(21)10-8-12)22-20-23-24-25-26(20)17(15)19(28)29-2/h3-10,16H,1-2H3,(H,22,23,25). The van der Waals surface area contributed by atoms with Crippen LogP contribution in [0.4, 0.5) is 5.95 Å². The van der Waals surface area contributed by atoms with Crippen LogP contribution < -0.4 is 5.32 Å². The molecule has 0 saturated carbocycles. The van der Waals surface area contributed by atoms with E-state index in [9.17, 15) is 9.59 Å². The number of nitrogens with one attached hydrogen (secondary N) is 1. The van der Waals surface area contributed by atoms with Gasteiger partial charge in [-0.1, -0.05) is 58.7 Å². The van der Waals surface area contributed by atoms with Crippen LogP contribution in [0.5, 0.6) is 0 Å². The number of hydrogen-bond donors (Lipinski definition) is 1. The van der Waals surface area contributed by atoms with Gasteiger partial charge in [-0.2, -0.15) is 4.68 Å². The number of hydrogen-bond acceptors (Lipinski definition) is 7. The van der Waals surface area contributed by atoms with Crippen LogP contribution in [0.2, 0.25) is 5.02 Å². The molecule has 1 aliphatic rings. The van der Waals surface area contributed by atoms with Gasteiger partial charge in [-0.05, 0) is 35.0 Å². The van der Waals surface area contributed by atoms with Gasteiger partial charge in [0.1, 0.15) is 0 Å². The average molecular weight is 410 g/mol. The van der Waals surface area contributed by atoms with Gasteiger partial charge in [0.2, 0.25) is 5.95 Å². The summed E-state index contributed by atoms with van der Waals surface area (Å²) in [4.78, 5) is 26.2. The predicted octanol–water partition coefficient (Wildman–Crippen LogP) is 3.07. The second-order valence-electron chi connectivity index (χ2n) is 6.49. The Morgan fingerprint density at radius 1 is 1.10 bits per heavy atom. The predicted molar refractivity (Wildman–Crippen MR) is 106 cm³/mol. The first-order chi connectivity index (χ1) is 14.0. The highest BCUT2D eigenvalue weighted by Crippen LogP contribution is 2.37. The topological polar surface area (TPSA) is 99.0 Å². The highest BCUT2D eigenvalue weighted by atomic mass is 35.5. The number of tetrazole rings is 1. The van der Waals surface area contributed by atoms with Gasteiger partial charge < -0.3 is 10.1 Å². The highest BCUT2D eigenvalue weighted by Gasteiger charge is 2.38. The third kappa shape index (κ3) is 3.38. The summed E-state index contributed by atoms with van der Waals surface area (Å²) in [7, 11) is 1.24. The molecule has 2 aromatic carbocycles. The molecular formula is C20H16ClN5O3. The number of anilines is 1. The quantitative estimate of drug-likeness (QED) is 0.522. The Hall–Kier alpha value is -3.52. The highest BCUT2D eigenvalue weighted by molar-refractivity contribution is 6.30. The first kappa shape index (κ1) is 18.8. The van der Waals surface area contributed by atoms with Crippen molar-refractivity contribution in [2.75, 3.05) is 12.4 Å². The Kier molecular flexibility index (Phi) is 4.85. The van der Waals surface area contributed by atoms with Gasteiger partial charge in [0.15, 0.2) is 11.5 Å². The number of benzene rings is 2. The van der Waals surface area contributed by atoms with E-state index in [0.29, 0.717) is 10.6 Å². The Morgan fingerprint density at radius 3 is 2.45 bits per heavy atom. The van der Waals surface area contributed by atoms with E-state index >= 15 is 0 Å². The summed E-state index contributed by atoms with van der Waals surface area (Å²) < 4.78 is 6.12. The third-order valence-corrected chi connectivity index (χ3v) is 4.89. The monoisotopic (exact) mass is 409 g/mol. The number of halogens is 1. The summed E-state index contributed by atoms with van der Waals surface area (Å²) in [5.41, 5.74) is 2.33. The number of methoxy groups -OCH3 is 1. The van der Waals surface area contributed by atoms with Crippen molar-refractivity contribution in [3.63, 3.8) is 0 Å². The van der Waals surface area contributed by atoms with Crippen LogP contribution in [0.25, 0.3) is 5.70 Å². The minimum absolute atomic E-state index is 0.0308. The van der Waals surface area contributed by atoms with E-state index in [0.717, 1.165) is 11.1 Å². The van der Waals surface area contributed by atoms with Crippen LogP contribution in [0.15, 0.2) is 54.1 Å². The second-order valence-corrected chi connectivity index (χ2v) is 6.93. The molecule has 146 valence electrons. The Morgan fingerprint density at radius 2 is 1.79 bits per heavy atom. The fourth-order valence-corrected chi connectivity index (χ4v) is 3.30. The molecule has 0 radical (unpaired) electrons. The van der Waals surface area contributed by atoms with E-state index in [1.807, 2.05) is 19.1 Å². The van der Waals surface area contributed by atoms with Gasteiger partial charge in [0.05, 0.1) is 18.7 Å². The molecule has 1 aliphatic heterocycles. The van der Waals surface area contributed by atoms with Gasteiger partial charge in [0.25, 0.3) is 0 Å². The average Bonchev–Trinajstić information content (AvgIpc) is 3.21. The van der Waals surface area contributed by atoms with Gasteiger partial charge in [0, 0.05) is 10.6 Å². The lowest BCUT2D eigenvalue weighted by Crippen LogP contribution is -2.31. The van der Waals surface area contributed by atoms with Crippen molar-refractivity contribution in [1.29, 1.82) is 0 Å². The van der Waals surface area contributed by atoms with E-state index in [1.54, 1.807) is 36.4 Å². The molecule has 8 nitrogen and oxygen atoms in total. The zero-order valence-electron chi connectivity index (χ0n) is 15.6. The molecule has 1 atom stereocenters. The molecule has 0 aliphatic carbocycles. The van der Waals surface area contributed by atoms with Crippen molar-refractivity contribution in [2.45, 2.75) is 13.0 Å². The van der Waals surface area contributed by atoms with Crippen LogP contribution in [-0.2, 0) is 9.53 Å². The number of aryl methyl sites for hydroxylation is 1. The summed E-state index contributed by atoms with van der Waals surface area (Å²) in [6.45, 7) is 1.93. The molecule has 1 N–H and O–H groups in total. The Bertz CT molecular complexity index is 1120. The molecular weight excluding hydrogens is 394 g/mol. The molecule has 29 heavy (non-hydrogen) atoms. The summed E-state index contributed by atoms with van der Waals surface area (Å²) in [5, 5.41) is 15.1. The number of esters is 1. The zero-order chi connectivity index (χ0) is 20.5. The summed E-state index contributed by atoms with van der Waals surface area (Å²) in [5.74, 6) is -0.820. The van der Waals surface area contributed by atoms with Crippen LogP contribution in [0, 0.1) is 6.92 Å². The number of ether oxygens (including phenoxy) is 1.